The molecule has 0 saturated carbocycles. The van der Waals surface area contributed by atoms with Crippen molar-refractivity contribution in [3.8, 4) is 0 Å². The first-order valence-electron chi connectivity index (χ1n) is 5.18. The lowest BCUT2D eigenvalue weighted by atomic mass is 10.00. The Kier molecular flexibility index (Phi) is 3.29. The van der Waals surface area contributed by atoms with Crippen molar-refractivity contribution in [2.45, 2.75) is 46.3 Å². The van der Waals surface area contributed by atoms with E-state index in [-0.39, 0.29) is 5.56 Å². The summed E-state index contributed by atoms with van der Waals surface area (Å²) in [6.07, 6.45) is 0.849. The van der Waals surface area contributed by atoms with E-state index in [0.29, 0.717) is 12.1 Å². The van der Waals surface area contributed by atoms with Gasteiger partial charge in [-0.1, -0.05) is 6.92 Å². The molecule has 0 aromatic carbocycles. The fourth-order valence-electron chi connectivity index (χ4n) is 1.48. The molecule has 0 aliphatic heterocycles. The van der Waals surface area contributed by atoms with Crippen LogP contribution in [-0.4, -0.2) is 14.9 Å². The number of aliphatic hydroxyl groups is 1. The second-order valence-corrected chi connectivity index (χ2v) is 4.29. The van der Waals surface area contributed by atoms with Crippen molar-refractivity contribution in [3.63, 3.8) is 0 Å². The molecule has 0 amide bonds. The van der Waals surface area contributed by atoms with Crippen LogP contribution in [0.5, 0.6) is 0 Å². The Balaban J connectivity index is 3.35. The molecule has 4 nitrogen and oxygen atoms in total. The maximum Gasteiger partial charge on any atom is 0.272 e. The molecule has 0 aliphatic rings. The molecule has 0 atom stereocenters. The van der Waals surface area contributed by atoms with E-state index in [4.69, 9.17) is 0 Å². The van der Waals surface area contributed by atoms with E-state index in [1.54, 1.807) is 19.9 Å². The summed E-state index contributed by atoms with van der Waals surface area (Å²) in [6, 6.07) is 1.65. The first-order chi connectivity index (χ1) is 6.86. The van der Waals surface area contributed by atoms with E-state index in [2.05, 4.69) is 5.10 Å². The largest absolute Gasteiger partial charge is 0.386 e. The summed E-state index contributed by atoms with van der Waals surface area (Å²) >= 11 is 0. The van der Waals surface area contributed by atoms with E-state index in [9.17, 15) is 9.90 Å². The molecule has 1 rings (SSSR count). The summed E-state index contributed by atoms with van der Waals surface area (Å²) in [4.78, 5) is 11.9. The predicted octanol–water partition coefficient (Wildman–Crippen LogP) is 1.19. The van der Waals surface area contributed by atoms with Crippen molar-refractivity contribution in [2.75, 3.05) is 0 Å². The molecule has 1 heterocycles. The molecule has 0 spiro atoms. The third-order valence-electron chi connectivity index (χ3n) is 2.19. The van der Waals surface area contributed by atoms with Crippen LogP contribution in [0.3, 0.4) is 0 Å². The molecule has 1 N–H and O–H groups in total. The minimum atomic E-state index is -1.11. The van der Waals surface area contributed by atoms with Gasteiger partial charge < -0.3 is 5.11 Å². The third kappa shape index (κ3) is 2.65. The molecule has 15 heavy (non-hydrogen) atoms. The Labute approximate surface area is 89.6 Å². The second-order valence-electron chi connectivity index (χ2n) is 4.29. The van der Waals surface area contributed by atoms with Crippen molar-refractivity contribution in [3.05, 3.63) is 27.7 Å². The normalized spacial score (nSPS) is 11.8. The zero-order chi connectivity index (χ0) is 11.6. The van der Waals surface area contributed by atoms with E-state index < -0.39 is 5.60 Å². The van der Waals surface area contributed by atoms with Crippen molar-refractivity contribution in [2.24, 2.45) is 0 Å². The average molecular weight is 210 g/mol. The Bertz CT molecular complexity index is 402. The number of rotatable bonds is 3. The highest BCUT2D eigenvalue weighted by atomic mass is 16.3. The molecule has 1 aromatic rings. The van der Waals surface area contributed by atoms with Crippen LogP contribution >= 0.6 is 0 Å². The van der Waals surface area contributed by atoms with Crippen molar-refractivity contribution < 1.29 is 5.11 Å². The maximum absolute atomic E-state index is 11.9. The highest BCUT2D eigenvalue weighted by Crippen LogP contribution is 2.15. The summed E-state index contributed by atoms with van der Waals surface area (Å²) in [6.45, 7) is 7.61. The third-order valence-corrected chi connectivity index (χ3v) is 2.19. The molecule has 84 valence electrons. The van der Waals surface area contributed by atoms with Gasteiger partial charge in [-0.3, -0.25) is 4.79 Å². The number of hydrogen-bond donors (Lipinski definition) is 1. The minimum Gasteiger partial charge on any atom is -0.386 e. The van der Waals surface area contributed by atoms with E-state index in [1.165, 1.54) is 4.68 Å². The Morgan fingerprint density at radius 1 is 1.53 bits per heavy atom. The van der Waals surface area contributed by atoms with Crippen LogP contribution in [0, 0.1) is 6.92 Å². The second kappa shape index (κ2) is 4.14. The van der Waals surface area contributed by atoms with Gasteiger partial charge in [-0.05, 0) is 33.3 Å². The first-order valence-corrected chi connectivity index (χ1v) is 5.18. The van der Waals surface area contributed by atoms with Gasteiger partial charge in [0.1, 0.15) is 0 Å². The van der Waals surface area contributed by atoms with Crippen molar-refractivity contribution in [1.29, 1.82) is 0 Å². The van der Waals surface area contributed by atoms with Gasteiger partial charge in [-0.25, -0.2) is 4.68 Å². The van der Waals surface area contributed by atoms with Crippen molar-refractivity contribution in [1.82, 2.24) is 9.78 Å². The number of nitrogens with zero attached hydrogens (tertiary/aromatic N) is 2. The van der Waals surface area contributed by atoms with Crippen LogP contribution in [0.4, 0.5) is 0 Å². The van der Waals surface area contributed by atoms with E-state index in [1.807, 2.05) is 13.8 Å². The fraction of sp³-hybridized carbons (Fsp3) is 0.636. The van der Waals surface area contributed by atoms with Crippen LogP contribution in [0.2, 0.25) is 0 Å². The van der Waals surface area contributed by atoms with Gasteiger partial charge >= 0.3 is 0 Å². The van der Waals surface area contributed by atoms with Gasteiger partial charge in [-0.2, -0.15) is 5.10 Å². The molecule has 4 heteroatoms. The average Bonchev–Trinajstić information content (AvgIpc) is 2.09. The standard InChI is InChI=1S/C11H18N2O2/c1-5-6-13-10(14)9(11(3,4)15)7-8(2)12-13/h7,15H,5-6H2,1-4H3. The van der Waals surface area contributed by atoms with Crippen LogP contribution in [0.15, 0.2) is 10.9 Å². The summed E-state index contributed by atoms with van der Waals surface area (Å²) in [7, 11) is 0. The van der Waals surface area contributed by atoms with Gasteiger partial charge in [-0.15, -0.1) is 0 Å². The quantitative estimate of drug-likeness (QED) is 0.815. The molecule has 0 unspecified atom stereocenters. The van der Waals surface area contributed by atoms with Gasteiger partial charge in [0.25, 0.3) is 5.56 Å². The monoisotopic (exact) mass is 210 g/mol. The number of hydrogen-bond acceptors (Lipinski definition) is 3. The molecule has 0 fully saturated rings. The van der Waals surface area contributed by atoms with E-state index in [0.717, 1.165) is 12.1 Å². The molecule has 0 bridgehead atoms. The number of aromatic nitrogens is 2. The van der Waals surface area contributed by atoms with Crippen LogP contribution in [-0.2, 0) is 12.1 Å². The zero-order valence-electron chi connectivity index (χ0n) is 9.74. The van der Waals surface area contributed by atoms with Crippen molar-refractivity contribution >= 4 is 0 Å². The summed E-state index contributed by atoms with van der Waals surface area (Å²) < 4.78 is 1.42. The van der Waals surface area contributed by atoms with Gasteiger partial charge in [0.2, 0.25) is 0 Å². The summed E-state index contributed by atoms with van der Waals surface area (Å²) in [5.74, 6) is 0. The Morgan fingerprint density at radius 2 is 2.13 bits per heavy atom. The SMILES string of the molecule is CCCn1nc(C)cc(C(C)(C)O)c1=O. The van der Waals surface area contributed by atoms with Crippen LogP contribution in [0.25, 0.3) is 0 Å². The van der Waals surface area contributed by atoms with Gasteiger partial charge in [0, 0.05) is 6.54 Å². The molecule has 1 aromatic heterocycles. The Morgan fingerprint density at radius 3 is 2.60 bits per heavy atom. The molecule has 0 saturated heterocycles. The fourth-order valence-corrected chi connectivity index (χ4v) is 1.48. The predicted molar refractivity (Wildman–Crippen MR) is 58.8 cm³/mol. The van der Waals surface area contributed by atoms with E-state index >= 15 is 0 Å². The minimum absolute atomic E-state index is 0.199. The highest BCUT2D eigenvalue weighted by Gasteiger charge is 2.21. The van der Waals surface area contributed by atoms with Gasteiger partial charge in [0.05, 0.1) is 16.9 Å². The first kappa shape index (κ1) is 11.9. The summed E-state index contributed by atoms with van der Waals surface area (Å²) in [5, 5.41) is 14.0. The molecular weight excluding hydrogens is 192 g/mol. The lowest BCUT2D eigenvalue weighted by molar-refractivity contribution is 0.0759. The Hall–Kier alpha value is -1.16. The molecule has 0 aliphatic carbocycles. The summed E-state index contributed by atoms with van der Waals surface area (Å²) in [5.41, 5.74) is -0.154. The highest BCUT2D eigenvalue weighted by molar-refractivity contribution is 5.18. The zero-order valence-corrected chi connectivity index (χ0v) is 9.74. The molecule has 0 radical (unpaired) electrons. The maximum atomic E-state index is 11.9. The number of aryl methyl sites for hydroxylation is 2. The molecular formula is C11H18N2O2. The topological polar surface area (TPSA) is 55.1 Å². The lowest BCUT2D eigenvalue weighted by Crippen LogP contribution is -2.33. The van der Waals surface area contributed by atoms with Crippen LogP contribution in [0.1, 0.15) is 38.4 Å². The van der Waals surface area contributed by atoms with Gasteiger partial charge in [0.15, 0.2) is 0 Å². The lowest BCUT2D eigenvalue weighted by Gasteiger charge is -2.18. The smallest absolute Gasteiger partial charge is 0.272 e. The van der Waals surface area contributed by atoms with Crippen LogP contribution < -0.4 is 5.56 Å².